The van der Waals surface area contributed by atoms with Gasteiger partial charge in [-0.3, -0.25) is 9.48 Å². The zero-order valence-electron chi connectivity index (χ0n) is 10.2. The van der Waals surface area contributed by atoms with Gasteiger partial charge in [0.15, 0.2) is 5.78 Å². The number of nitrogens with zero attached hydrogens (tertiary/aromatic N) is 2. The van der Waals surface area contributed by atoms with Crippen molar-refractivity contribution in [2.45, 2.75) is 45.7 Å². The molecule has 17 heavy (non-hydrogen) atoms. The van der Waals surface area contributed by atoms with Crippen LogP contribution in [0.4, 0.5) is 0 Å². The summed E-state index contributed by atoms with van der Waals surface area (Å²) in [5.74, 6) is 0.119. The van der Waals surface area contributed by atoms with Crippen molar-refractivity contribution in [3.63, 3.8) is 0 Å². The summed E-state index contributed by atoms with van der Waals surface area (Å²) in [5.41, 5.74) is 6.32. The number of hydrogen-bond donors (Lipinski definition) is 1. The molecule has 2 atom stereocenters. The standard InChI is InChI=1S/C12H18BrN3O/c1-3-16-10(8(13)7-15-16)11(17)12(2)6-4-5-9(12)14/h7,9H,3-6,14H2,1-2H3. The minimum absolute atomic E-state index is 0.0397. The lowest BCUT2D eigenvalue weighted by molar-refractivity contribution is 0.0789. The van der Waals surface area contributed by atoms with Gasteiger partial charge in [0.2, 0.25) is 0 Å². The number of Topliss-reactive ketones (excluding diaryl/α,β-unsaturated/α-hetero) is 1. The fraction of sp³-hybridized carbons (Fsp3) is 0.667. The molecule has 0 amide bonds. The van der Waals surface area contributed by atoms with E-state index in [0.717, 1.165) is 23.7 Å². The molecule has 0 bridgehead atoms. The van der Waals surface area contributed by atoms with Crippen molar-refractivity contribution >= 4 is 21.7 Å². The largest absolute Gasteiger partial charge is 0.327 e. The van der Waals surface area contributed by atoms with Gasteiger partial charge in [0.05, 0.1) is 10.7 Å². The van der Waals surface area contributed by atoms with E-state index in [2.05, 4.69) is 21.0 Å². The van der Waals surface area contributed by atoms with E-state index in [-0.39, 0.29) is 11.8 Å². The molecule has 1 saturated carbocycles. The van der Waals surface area contributed by atoms with E-state index in [9.17, 15) is 4.79 Å². The number of rotatable bonds is 3. The molecule has 1 heterocycles. The van der Waals surface area contributed by atoms with Gasteiger partial charge in [0.1, 0.15) is 5.69 Å². The first-order valence-electron chi connectivity index (χ1n) is 6.02. The first-order valence-corrected chi connectivity index (χ1v) is 6.81. The number of carbonyl (C=O) groups excluding carboxylic acids is 1. The third-order valence-corrected chi connectivity index (χ3v) is 4.44. The van der Waals surface area contributed by atoms with Crippen molar-refractivity contribution in [3.05, 3.63) is 16.4 Å². The summed E-state index contributed by atoms with van der Waals surface area (Å²) in [7, 11) is 0. The van der Waals surface area contributed by atoms with Crippen molar-refractivity contribution in [3.8, 4) is 0 Å². The predicted octanol–water partition coefficient (Wildman–Crippen LogP) is 2.37. The average molecular weight is 300 g/mol. The lowest BCUT2D eigenvalue weighted by atomic mass is 9.79. The third-order valence-electron chi connectivity index (χ3n) is 3.86. The zero-order chi connectivity index (χ0) is 12.6. The number of aryl methyl sites for hydroxylation is 1. The van der Waals surface area contributed by atoms with Gasteiger partial charge in [-0.05, 0) is 35.7 Å². The van der Waals surface area contributed by atoms with Gasteiger partial charge < -0.3 is 5.73 Å². The summed E-state index contributed by atoms with van der Waals surface area (Å²) >= 11 is 3.40. The highest BCUT2D eigenvalue weighted by atomic mass is 79.9. The average Bonchev–Trinajstić information content (AvgIpc) is 2.83. The maximum absolute atomic E-state index is 12.7. The van der Waals surface area contributed by atoms with Crippen LogP contribution in [0.2, 0.25) is 0 Å². The van der Waals surface area contributed by atoms with Gasteiger partial charge >= 0.3 is 0 Å². The minimum Gasteiger partial charge on any atom is -0.327 e. The first-order chi connectivity index (χ1) is 8.00. The Morgan fingerprint density at radius 1 is 1.76 bits per heavy atom. The molecular weight excluding hydrogens is 282 g/mol. The minimum atomic E-state index is -0.435. The topological polar surface area (TPSA) is 60.9 Å². The fourth-order valence-corrected chi connectivity index (χ4v) is 3.05. The van der Waals surface area contributed by atoms with Crippen LogP contribution in [-0.2, 0) is 6.54 Å². The van der Waals surface area contributed by atoms with Gasteiger partial charge in [0, 0.05) is 18.0 Å². The molecule has 1 aliphatic rings. The monoisotopic (exact) mass is 299 g/mol. The van der Waals surface area contributed by atoms with Crippen LogP contribution in [0.1, 0.15) is 43.6 Å². The van der Waals surface area contributed by atoms with Crippen LogP contribution in [0.5, 0.6) is 0 Å². The first kappa shape index (κ1) is 12.8. The van der Waals surface area contributed by atoms with E-state index >= 15 is 0 Å². The summed E-state index contributed by atoms with van der Waals surface area (Å²) in [6.45, 7) is 4.65. The van der Waals surface area contributed by atoms with Gasteiger partial charge in [-0.2, -0.15) is 5.10 Å². The van der Waals surface area contributed by atoms with Crippen molar-refractivity contribution < 1.29 is 4.79 Å². The highest BCUT2D eigenvalue weighted by Gasteiger charge is 2.44. The van der Waals surface area contributed by atoms with Crippen molar-refractivity contribution in [1.82, 2.24) is 9.78 Å². The number of aromatic nitrogens is 2. The normalized spacial score (nSPS) is 28.6. The molecule has 5 heteroatoms. The molecule has 1 aliphatic carbocycles. The molecule has 2 unspecified atom stereocenters. The lowest BCUT2D eigenvalue weighted by Gasteiger charge is -2.27. The Hall–Kier alpha value is -0.680. The molecule has 4 nitrogen and oxygen atoms in total. The predicted molar refractivity (Wildman–Crippen MR) is 69.9 cm³/mol. The number of nitrogens with two attached hydrogens (primary N) is 1. The van der Waals surface area contributed by atoms with Crippen molar-refractivity contribution in [2.24, 2.45) is 11.1 Å². The van der Waals surface area contributed by atoms with Crippen LogP contribution in [-0.4, -0.2) is 21.6 Å². The molecule has 0 aromatic carbocycles. The summed E-state index contributed by atoms with van der Waals surface area (Å²) < 4.78 is 2.51. The molecule has 0 aliphatic heterocycles. The quantitative estimate of drug-likeness (QED) is 0.872. The molecule has 2 rings (SSSR count). The molecule has 1 aromatic rings. The van der Waals surface area contributed by atoms with Gasteiger partial charge in [0.25, 0.3) is 0 Å². The van der Waals surface area contributed by atoms with E-state index in [1.807, 2.05) is 13.8 Å². The molecule has 94 valence electrons. The SMILES string of the molecule is CCn1ncc(Br)c1C(=O)C1(C)CCCC1N. The van der Waals surface area contributed by atoms with Crippen LogP contribution >= 0.6 is 15.9 Å². The van der Waals surface area contributed by atoms with Crippen LogP contribution in [0.15, 0.2) is 10.7 Å². The zero-order valence-corrected chi connectivity index (χ0v) is 11.8. The van der Waals surface area contributed by atoms with E-state index in [0.29, 0.717) is 12.2 Å². The van der Waals surface area contributed by atoms with E-state index in [4.69, 9.17) is 5.73 Å². The Kier molecular flexibility index (Phi) is 3.41. The maximum Gasteiger partial charge on any atom is 0.189 e. The number of halogens is 1. The Balaban J connectivity index is 2.40. The maximum atomic E-state index is 12.7. The fourth-order valence-electron chi connectivity index (χ4n) is 2.57. The highest BCUT2D eigenvalue weighted by molar-refractivity contribution is 9.10. The lowest BCUT2D eigenvalue weighted by Crippen LogP contribution is -2.42. The van der Waals surface area contributed by atoms with Gasteiger partial charge in [-0.25, -0.2) is 0 Å². The molecule has 0 radical (unpaired) electrons. The van der Waals surface area contributed by atoms with Gasteiger partial charge in [-0.1, -0.05) is 13.3 Å². The van der Waals surface area contributed by atoms with Gasteiger partial charge in [-0.15, -0.1) is 0 Å². The van der Waals surface area contributed by atoms with Crippen LogP contribution in [0, 0.1) is 5.41 Å². The Labute approximate surface area is 110 Å². The second-order valence-electron chi connectivity index (χ2n) is 4.90. The van der Waals surface area contributed by atoms with Crippen molar-refractivity contribution in [1.29, 1.82) is 0 Å². The molecule has 2 N–H and O–H groups in total. The molecular formula is C12H18BrN3O. The summed E-state index contributed by atoms with van der Waals surface area (Å²) in [6.07, 6.45) is 4.51. The smallest absolute Gasteiger partial charge is 0.189 e. The Bertz CT molecular complexity index is 443. The summed E-state index contributed by atoms with van der Waals surface area (Å²) in [4.78, 5) is 12.7. The van der Waals surface area contributed by atoms with Crippen LogP contribution in [0.3, 0.4) is 0 Å². The molecule has 1 aromatic heterocycles. The number of carbonyl (C=O) groups is 1. The molecule has 0 spiro atoms. The van der Waals surface area contributed by atoms with Crippen LogP contribution in [0.25, 0.3) is 0 Å². The van der Waals surface area contributed by atoms with Crippen LogP contribution < -0.4 is 5.73 Å². The molecule has 1 fully saturated rings. The highest BCUT2D eigenvalue weighted by Crippen LogP contribution is 2.40. The van der Waals surface area contributed by atoms with E-state index in [1.54, 1.807) is 10.9 Å². The summed E-state index contributed by atoms with van der Waals surface area (Å²) in [6, 6.07) is -0.0397. The summed E-state index contributed by atoms with van der Waals surface area (Å²) in [5, 5.41) is 4.19. The Morgan fingerprint density at radius 3 is 3.00 bits per heavy atom. The molecule has 0 saturated heterocycles. The number of ketones is 1. The second-order valence-corrected chi connectivity index (χ2v) is 5.76. The Morgan fingerprint density at radius 2 is 2.47 bits per heavy atom. The number of hydrogen-bond acceptors (Lipinski definition) is 3. The second kappa shape index (κ2) is 4.53. The van der Waals surface area contributed by atoms with E-state index < -0.39 is 5.41 Å². The third kappa shape index (κ3) is 1.95. The van der Waals surface area contributed by atoms with E-state index in [1.165, 1.54) is 0 Å². The van der Waals surface area contributed by atoms with Crippen molar-refractivity contribution in [2.75, 3.05) is 0 Å².